The van der Waals surface area contributed by atoms with E-state index in [1.54, 1.807) is 0 Å². The summed E-state index contributed by atoms with van der Waals surface area (Å²) < 4.78 is 17.1. The zero-order valence-corrected chi connectivity index (χ0v) is 9.81. The molecule has 0 saturated carbocycles. The van der Waals surface area contributed by atoms with E-state index in [4.69, 9.17) is 16.3 Å². The van der Waals surface area contributed by atoms with Crippen LogP contribution >= 0.6 is 11.6 Å². The van der Waals surface area contributed by atoms with E-state index >= 15 is 0 Å². The molecule has 86 valence electrons. The van der Waals surface area contributed by atoms with Crippen LogP contribution in [-0.2, 0) is 9.53 Å². The standard InChI is InChI=1S/C11H16ClFO2/c1-3-4-5-6-10(15-9(2)14)7-8-11(12)13/h10-11H,3-6H2,1-2H3. The highest BCUT2D eigenvalue weighted by atomic mass is 35.5. The van der Waals surface area contributed by atoms with Crippen LogP contribution in [0.4, 0.5) is 4.39 Å². The Bertz CT molecular complexity index is 243. The van der Waals surface area contributed by atoms with Crippen LogP contribution in [0.15, 0.2) is 0 Å². The lowest BCUT2D eigenvalue weighted by Crippen LogP contribution is -2.14. The van der Waals surface area contributed by atoms with E-state index in [0.717, 1.165) is 19.3 Å². The van der Waals surface area contributed by atoms with Crippen molar-refractivity contribution in [2.45, 2.75) is 51.3 Å². The molecular weight excluding hydrogens is 219 g/mol. The molecule has 0 aliphatic heterocycles. The molecule has 0 amide bonds. The molecule has 2 unspecified atom stereocenters. The number of carbonyl (C=O) groups excluding carboxylic acids is 1. The van der Waals surface area contributed by atoms with Gasteiger partial charge in [-0.15, -0.1) is 0 Å². The zero-order chi connectivity index (χ0) is 11.7. The highest BCUT2D eigenvalue weighted by Crippen LogP contribution is 2.07. The molecule has 0 spiro atoms. The van der Waals surface area contributed by atoms with E-state index in [1.165, 1.54) is 6.92 Å². The monoisotopic (exact) mass is 234 g/mol. The second-order valence-corrected chi connectivity index (χ2v) is 3.57. The second-order valence-electron chi connectivity index (χ2n) is 3.18. The lowest BCUT2D eigenvalue weighted by Gasteiger charge is -2.10. The van der Waals surface area contributed by atoms with Crippen LogP contribution in [0.5, 0.6) is 0 Å². The van der Waals surface area contributed by atoms with Crippen LogP contribution < -0.4 is 0 Å². The van der Waals surface area contributed by atoms with Gasteiger partial charge in [-0.1, -0.05) is 37.3 Å². The first kappa shape index (κ1) is 14.2. The van der Waals surface area contributed by atoms with E-state index in [1.807, 2.05) is 0 Å². The molecule has 0 aliphatic rings. The van der Waals surface area contributed by atoms with Crippen LogP contribution in [0.25, 0.3) is 0 Å². The van der Waals surface area contributed by atoms with E-state index in [-0.39, 0.29) is 0 Å². The summed E-state index contributed by atoms with van der Waals surface area (Å²) in [6.45, 7) is 3.38. The van der Waals surface area contributed by atoms with E-state index < -0.39 is 17.7 Å². The molecule has 0 saturated heterocycles. The number of alkyl halides is 2. The predicted octanol–water partition coefficient (Wildman–Crippen LogP) is 3.04. The molecule has 0 radical (unpaired) electrons. The van der Waals surface area contributed by atoms with Gasteiger partial charge in [-0.25, -0.2) is 4.39 Å². The summed E-state index contributed by atoms with van der Waals surface area (Å²) in [6.07, 6.45) is 3.11. The van der Waals surface area contributed by atoms with Crippen LogP contribution in [0, 0.1) is 11.8 Å². The first-order valence-corrected chi connectivity index (χ1v) is 5.46. The molecule has 4 heteroatoms. The van der Waals surface area contributed by atoms with Gasteiger partial charge in [-0.2, -0.15) is 0 Å². The third kappa shape index (κ3) is 9.55. The Labute approximate surface area is 95.1 Å². The predicted molar refractivity (Wildman–Crippen MR) is 58.2 cm³/mol. The number of unbranched alkanes of at least 4 members (excludes halogenated alkanes) is 2. The lowest BCUT2D eigenvalue weighted by atomic mass is 10.1. The van der Waals surface area contributed by atoms with Crippen molar-refractivity contribution in [1.29, 1.82) is 0 Å². The summed E-state index contributed by atoms with van der Waals surface area (Å²) >= 11 is 5.04. The summed E-state index contributed by atoms with van der Waals surface area (Å²) in [7, 11) is 0. The Balaban J connectivity index is 4.08. The molecule has 0 aliphatic carbocycles. The average molecular weight is 235 g/mol. The molecule has 2 atom stereocenters. The molecule has 0 heterocycles. The quantitative estimate of drug-likeness (QED) is 0.316. The fourth-order valence-electron chi connectivity index (χ4n) is 1.10. The summed E-state index contributed by atoms with van der Waals surface area (Å²) in [4.78, 5) is 10.7. The van der Waals surface area contributed by atoms with Gasteiger partial charge in [0.15, 0.2) is 6.10 Å². The third-order valence-corrected chi connectivity index (χ3v) is 1.84. The van der Waals surface area contributed by atoms with Crippen molar-refractivity contribution < 1.29 is 13.9 Å². The van der Waals surface area contributed by atoms with Crippen LogP contribution in [0.2, 0.25) is 0 Å². The minimum Gasteiger partial charge on any atom is -0.449 e. The molecule has 0 rings (SSSR count). The van der Waals surface area contributed by atoms with Crippen LogP contribution in [-0.4, -0.2) is 17.7 Å². The molecule has 2 nitrogen and oxygen atoms in total. The summed E-state index contributed by atoms with van der Waals surface area (Å²) in [6, 6.07) is 0. The van der Waals surface area contributed by atoms with Gasteiger partial charge >= 0.3 is 5.97 Å². The smallest absolute Gasteiger partial charge is 0.303 e. The molecule has 0 aromatic carbocycles. The number of ether oxygens (including phenoxy) is 1. The molecule has 0 N–H and O–H groups in total. The largest absolute Gasteiger partial charge is 0.449 e. The zero-order valence-electron chi connectivity index (χ0n) is 9.06. The number of carbonyl (C=O) groups is 1. The maximum atomic E-state index is 12.2. The molecule has 0 aromatic rings. The number of rotatable bonds is 5. The molecule has 0 bridgehead atoms. The molecule has 15 heavy (non-hydrogen) atoms. The lowest BCUT2D eigenvalue weighted by molar-refractivity contribution is -0.144. The Morgan fingerprint density at radius 2 is 2.13 bits per heavy atom. The van der Waals surface area contributed by atoms with Crippen molar-refractivity contribution in [3.05, 3.63) is 0 Å². The van der Waals surface area contributed by atoms with Crippen molar-refractivity contribution in [3.63, 3.8) is 0 Å². The first-order chi connectivity index (χ1) is 7.06. The Kier molecular flexibility index (Phi) is 8.12. The van der Waals surface area contributed by atoms with Gasteiger partial charge in [0, 0.05) is 6.92 Å². The summed E-state index contributed by atoms with van der Waals surface area (Å²) in [5, 5.41) is 0. The number of hydrogen-bond acceptors (Lipinski definition) is 2. The maximum Gasteiger partial charge on any atom is 0.303 e. The van der Waals surface area contributed by atoms with Gasteiger partial charge in [0.25, 0.3) is 0 Å². The fourth-order valence-corrected chi connectivity index (χ4v) is 1.16. The van der Waals surface area contributed by atoms with Gasteiger partial charge in [0.1, 0.15) is 0 Å². The van der Waals surface area contributed by atoms with Crippen molar-refractivity contribution >= 4 is 17.6 Å². The normalized spacial score (nSPS) is 13.6. The van der Waals surface area contributed by atoms with E-state index in [0.29, 0.717) is 6.42 Å². The van der Waals surface area contributed by atoms with Gasteiger partial charge in [0.05, 0.1) is 0 Å². The summed E-state index contributed by atoms with van der Waals surface area (Å²) in [5.41, 5.74) is -1.70. The number of halogens is 2. The van der Waals surface area contributed by atoms with Crippen LogP contribution in [0.1, 0.15) is 39.5 Å². The molecule has 0 aromatic heterocycles. The average Bonchev–Trinajstić information content (AvgIpc) is 2.13. The van der Waals surface area contributed by atoms with E-state index in [2.05, 4.69) is 18.8 Å². The molecular formula is C11H16ClFO2. The highest BCUT2D eigenvalue weighted by Gasteiger charge is 2.08. The number of esters is 1. The van der Waals surface area contributed by atoms with Crippen molar-refractivity contribution in [2.75, 3.05) is 0 Å². The Hall–Kier alpha value is -0.750. The van der Waals surface area contributed by atoms with Gasteiger partial charge in [0.2, 0.25) is 5.63 Å². The summed E-state index contributed by atoms with van der Waals surface area (Å²) in [5.74, 6) is 4.25. The minimum atomic E-state index is -1.70. The highest BCUT2D eigenvalue weighted by molar-refractivity contribution is 6.21. The number of hydrogen-bond donors (Lipinski definition) is 0. The Morgan fingerprint density at radius 1 is 1.47 bits per heavy atom. The minimum absolute atomic E-state index is 0.407. The van der Waals surface area contributed by atoms with Gasteiger partial charge in [-0.05, 0) is 18.8 Å². The van der Waals surface area contributed by atoms with Gasteiger partial charge in [-0.3, -0.25) is 4.79 Å². The third-order valence-electron chi connectivity index (χ3n) is 1.73. The first-order valence-electron chi connectivity index (χ1n) is 5.02. The SMILES string of the molecule is CCCCCC(C#CC(F)Cl)OC(C)=O. The maximum absolute atomic E-state index is 12.2. The van der Waals surface area contributed by atoms with Gasteiger partial charge < -0.3 is 4.74 Å². The fraction of sp³-hybridized carbons (Fsp3) is 0.727. The van der Waals surface area contributed by atoms with E-state index in [9.17, 15) is 9.18 Å². The van der Waals surface area contributed by atoms with Crippen molar-refractivity contribution in [3.8, 4) is 11.8 Å². The van der Waals surface area contributed by atoms with Crippen molar-refractivity contribution in [1.82, 2.24) is 0 Å². The molecule has 0 fully saturated rings. The second kappa shape index (κ2) is 8.55. The van der Waals surface area contributed by atoms with Crippen molar-refractivity contribution in [2.24, 2.45) is 0 Å². The topological polar surface area (TPSA) is 26.3 Å². The van der Waals surface area contributed by atoms with Crippen LogP contribution in [0.3, 0.4) is 0 Å². The Morgan fingerprint density at radius 3 is 2.60 bits per heavy atom.